The molecule has 1 heterocycles. The number of benzene rings is 2. The van der Waals surface area contributed by atoms with Crippen molar-refractivity contribution in [3.05, 3.63) is 65.5 Å². The van der Waals surface area contributed by atoms with Crippen LogP contribution in [0.25, 0.3) is 0 Å². The van der Waals surface area contributed by atoms with E-state index >= 15 is 0 Å². The molecule has 1 N–H and O–H groups in total. The number of hydrogen-bond acceptors (Lipinski definition) is 5. The van der Waals surface area contributed by atoms with Gasteiger partial charge in [-0.25, -0.2) is 21.2 Å². The number of sulfone groups is 2. The van der Waals surface area contributed by atoms with Crippen LogP contribution < -0.4 is 5.32 Å². The highest BCUT2D eigenvalue weighted by Crippen LogP contribution is 2.27. The summed E-state index contributed by atoms with van der Waals surface area (Å²) in [6, 6.07) is 12.8. The Morgan fingerprint density at radius 2 is 1.82 bits per heavy atom. The molecule has 3 rings (SSSR count). The van der Waals surface area contributed by atoms with Crippen LogP contribution in [0.2, 0.25) is 0 Å². The maximum Gasteiger partial charge on any atom is 0.183 e. The quantitative estimate of drug-likeness (QED) is 0.544. The maximum absolute atomic E-state index is 13.5. The average molecular weight is 426 g/mol. The normalized spacial score (nSPS) is 21.6. The molecule has 0 aromatic heterocycles. The van der Waals surface area contributed by atoms with Crippen LogP contribution in [0.1, 0.15) is 17.5 Å². The number of hydrogen-bond donors (Lipinski definition) is 1. The molecule has 2 atom stereocenters. The average Bonchev–Trinajstić information content (AvgIpc) is 2.97. The van der Waals surface area contributed by atoms with Gasteiger partial charge in [-0.15, -0.1) is 0 Å². The molecule has 0 aliphatic carbocycles. The summed E-state index contributed by atoms with van der Waals surface area (Å²) in [5.41, 5.74) is 1.39. The van der Waals surface area contributed by atoms with Crippen molar-refractivity contribution in [2.24, 2.45) is 0 Å². The fourth-order valence-corrected chi connectivity index (χ4v) is 8.31. The summed E-state index contributed by atoms with van der Waals surface area (Å²) in [4.78, 5) is -0.0374. The molecule has 1 saturated heterocycles. The van der Waals surface area contributed by atoms with Gasteiger partial charge in [-0.2, -0.15) is 0 Å². The van der Waals surface area contributed by atoms with Gasteiger partial charge in [-0.3, -0.25) is 0 Å². The first kappa shape index (κ1) is 21.0. The fraction of sp³-hybridized carbons (Fsp3) is 0.400. The molecule has 2 aromatic rings. The largest absolute Gasteiger partial charge is 0.312 e. The number of nitrogens with one attached hydrogen (secondary N) is 1. The van der Waals surface area contributed by atoms with Crippen molar-refractivity contribution in [1.29, 1.82) is 0 Å². The van der Waals surface area contributed by atoms with Crippen molar-refractivity contribution < 1.29 is 21.2 Å². The molecule has 1 aliphatic heterocycles. The van der Waals surface area contributed by atoms with Crippen LogP contribution in [-0.4, -0.2) is 46.2 Å². The molecule has 0 amide bonds. The summed E-state index contributed by atoms with van der Waals surface area (Å²) in [6.45, 7) is 2.00. The summed E-state index contributed by atoms with van der Waals surface area (Å²) >= 11 is 0. The van der Waals surface area contributed by atoms with E-state index in [1.165, 1.54) is 24.6 Å². The van der Waals surface area contributed by atoms with E-state index in [1.54, 1.807) is 0 Å². The first-order chi connectivity index (χ1) is 13.2. The van der Waals surface area contributed by atoms with Gasteiger partial charge in [0.25, 0.3) is 0 Å². The minimum Gasteiger partial charge on any atom is -0.312 e. The SMILES string of the molecule is Cc1cc(S(=O)(=O)C2CS(=O)(=O)CC2NCCCc2ccccc2)ccc1F. The third-order valence-corrected chi connectivity index (χ3v) is 9.20. The molecule has 152 valence electrons. The Hall–Kier alpha value is -1.77. The summed E-state index contributed by atoms with van der Waals surface area (Å²) in [5.74, 6) is -1.11. The summed E-state index contributed by atoms with van der Waals surface area (Å²) in [5, 5.41) is 2.06. The van der Waals surface area contributed by atoms with Gasteiger partial charge in [-0.1, -0.05) is 30.3 Å². The fourth-order valence-electron chi connectivity index (χ4n) is 3.51. The maximum atomic E-state index is 13.5. The second-order valence-corrected chi connectivity index (χ2v) is 11.5. The molecule has 2 aromatic carbocycles. The van der Waals surface area contributed by atoms with Crippen LogP contribution in [0.15, 0.2) is 53.4 Å². The van der Waals surface area contributed by atoms with E-state index in [1.807, 2.05) is 30.3 Å². The van der Waals surface area contributed by atoms with Crippen LogP contribution in [-0.2, 0) is 26.1 Å². The zero-order valence-electron chi connectivity index (χ0n) is 15.6. The van der Waals surface area contributed by atoms with Gasteiger partial charge in [0.05, 0.1) is 21.7 Å². The van der Waals surface area contributed by atoms with Gasteiger partial charge in [0.1, 0.15) is 5.82 Å². The molecule has 0 radical (unpaired) electrons. The zero-order valence-corrected chi connectivity index (χ0v) is 17.3. The van der Waals surface area contributed by atoms with Crippen LogP contribution in [0.4, 0.5) is 4.39 Å². The predicted octanol–water partition coefficient (Wildman–Crippen LogP) is 2.30. The molecule has 8 heteroatoms. The minimum atomic E-state index is -3.90. The third kappa shape index (κ3) is 4.79. The van der Waals surface area contributed by atoms with Gasteiger partial charge in [-0.05, 0) is 55.6 Å². The second kappa shape index (κ2) is 8.31. The van der Waals surface area contributed by atoms with Gasteiger partial charge < -0.3 is 5.32 Å². The van der Waals surface area contributed by atoms with Crippen LogP contribution in [0, 0.1) is 12.7 Å². The van der Waals surface area contributed by atoms with Crippen molar-refractivity contribution >= 4 is 19.7 Å². The molecule has 0 bridgehead atoms. The molecule has 0 saturated carbocycles. The van der Waals surface area contributed by atoms with Crippen molar-refractivity contribution in [2.75, 3.05) is 18.1 Å². The van der Waals surface area contributed by atoms with Crippen LogP contribution in [0.3, 0.4) is 0 Å². The molecule has 2 unspecified atom stereocenters. The summed E-state index contributed by atoms with van der Waals surface area (Å²) in [6.07, 6.45) is 1.59. The third-order valence-electron chi connectivity index (χ3n) is 5.05. The first-order valence-corrected chi connectivity index (χ1v) is 12.5. The Bertz CT molecular complexity index is 1040. The van der Waals surface area contributed by atoms with E-state index in [9.17, 15) is 21.2 Å². The van der Waals surface area contributed by atoms with Crippen LogP contribution in [0.5, 0.6) is 0 Å². The highest BCUT2D eigenvalue weighted by molar-refractivity contribution is 7.96. The molecule has 0 spiro atoms. The summed E-state index contributed by atoms with van der Waals surface area (Å²) < 4.78 is 63.8. The zero-order chi connectivity index (χ0) is 20.4. The van der Waals surface area contributed by atoms with Crippen molar-refractivity contribution in [3.63, 3.8) is 0 Å². The lowest BCUT2D eigenvalue weighted by molar-refractivity contribution is 0.519. The Morgan fingerprint density at radius 1 is 1.11 bits per heavy atom. The molecule has 5 nitrogen and oxygen atoms in total. The van der Waals surface area contributed by atoms with Gasteiger partial charge >= 0.3 is 0 Å². The standard InChI is InChI=1S/C20H24FNO4S2/c1-15-12-17(9-10-18(15)21)28(25,26)20-14-27(23,24)13-19(20)22-11-5-8-16-6-3-2-4-7-16/h2-4,6-7,9-10,12,19-20,22H,5,8,11,13-14H2,1H3. The van der Waals surface area contributed by atoms with Gasteiger partial charge in [0.2, 0.25) is 0 Å². The van der Waals surface area contributed by atoms with Crippen LogP contribution >= 0.6 is 0 Å². The Labute approximate surface area is 165 Å². The first-order valence-electron chi connectivity index (χ1n) is 9.17. The Kier molecular flexibility index (Phi) is 6.21. The van der Waals surface area contributed by atoms with E-state index in [-0.39, 0.29) is 16.2 Å². The topological polar surface area (TPSA) is 80.3 Å². The monoisotopic (exact) mass is 425 g/mol. The lowest BCUT2D eigenvalue weighted by atomic mass is 10.1. The van der Waals surface area contributed by atoms with Crippen molar-refractivity contribution in [2.45, 2.75) is 36.0 Å². The number of aryl methyl sites for hydroxylation is 2. The van der Waals surface area contributed by atoms with Crippen molar-refractivity contribution in [1.82, 2.24) is 5.32 Å². The number of rotatable bonds is 7. The molecular formula is C20H24FNO4S2. The van der Waals surface area contributed by atoms with E-state index in [2.05, 4.69) is 5.32 Å². The number of halogens is 1. The van der Waals surface area contributed by atoms with E-state index < -0.39 is 42.5 Å². The van der Waals surface area contributed by atoms with Crippen molar-refractivity contribution in [3.8, 4) is 0 Å². The van der Waals surface area contributed by atoms with E-state index in [0.29, 0.717) is 6.54 Å². The lowest BCUT2D eigenvalue weighted by Gasteiger charge is -2.20. The highest BCUT2D eigenvalue weighted by atomic mass is 32.2. The van der Waals surface area contributed by atoms with E-state index in [0.717, 1.165) is 18.9 Å². The Balaban J connectivity index is 1.71. The molecule has 1 fully saturated rings. The summed E-state index contributed by atoms with van der Waals surface area (Å²) in [7, 11) is -7.35. The van der Waals surface area contributed by atoms with Gasteiger partial charge in [0, 0.05) is 6.04 Å². The van der Waals surface area contributed by atoms with E-state index in [4.69, 9.17) is 0 Å². The minimum absolute atomic E-state index is 0.0374. The van der Waals surface area contributed by atoms with Gasteiger partial charge in [0.15, 0.2) is 19.7 Å². The second-order valence-electron chi connectivity index (χ2n) is 7.22. The highest BCUT2D eigenvalue weighted by Gasteiger charge is 2.45. The lowest BCUT2D eigenvalue weighted by Crippen LogP contribution is -2.43. The smallest absolute Gasteiger partial charge is 0.183 e. The molecule has 1 aliphatic rings. The molecule has 28 heavy (non-hydrogen) atoms. The Morgan fingerprint density at radius 3 is 2.50 bits per heavy atom. The predicted molar refractivity (Wildman–Crippen MR) is 107 cm³/mol. The molecular weight excluding hydrogens is 401 g/mol.